The molecule has 1 aliphatic rings. The van der Waals surface area contributed by atoms with E-state index in [1.165, 1.54) is 5.56 Å². The van der Waals surface area contributed by atoms with Gasteiger partial charge in [0.05, 0.1) is 11.6 Å². The summed E-state index contributed by atoms with van der Waals surface area (Å²) in [7, 11) is 0. The molecule has 0 unspecified atom stereocenters. The Morgan fingerprint density at radius 1 is 1.28 bits per heavy atom. The van der Waals surface area contributed by atoms with E-state index in [0.717, 1.165) is 28.9 Å². The fourth-order valence-corrected chi connectivity index (χ4v) is 3.17. The molecule has 4 heteroatoms. The summed E-state index contributed by atoms with van der Waals surface area (Å²) < 4.78 is 0. The van der Waals surface area contributed by atoms with E-state index in [0.29, 0.717) is 11.1 Å². The highest BCUT2D eigenvalue weighted by atomic mass is 16.1. The second kappa shape index (κ2) is 6.10. The summed E-state index contributed by atoms with van der Waals surface area (Å²) in [6.07, 6.45) is 2.49. The van der Waals surface area contributed by atoms with E-state index < -0.39 is 0 Å². The molecule has 0 fully saturated rings. The Balaban J connectivity index is 2.03. The molecule has 1 aliphatic heterocycles. The highest BCUT2D eigenvalue weighted by Gasteiger charge is 2.28. The quantitative estimate of drug-likeness (QED) is 0.501. The van der Waals surface area contributed by atoms with Crippen molar-refractivity contribution in [2.75, 3.05) is 5.73 Å². The van der Waals surface area contributed by atoms with E-state index in [1.807, 2.05) is 13.0 Å². The minimum absolute atomic E-state index is 0.102. The summed E-state index contributed by atoms with van der Waals surface area (Å²) in [6, 6.07) is 12.8. The molecule has 3 N–H and O–H groups in total. The van der Waals surface area contributed by atoms with E-state index in [4.69, 9.17) is 11.0 Å². The number of carbonyl (C=O) groups is 1. The number of nitrogens with zero attached hydrogens (tertiary/aromatic N) is 1. The molecule has 0 aromatic heterocycles. The first-order valence-corrected chi connectivity index (χ1v) is 8.23. The molecule has 4 nitrogen and oxygen atoms in total. The van der Waals surface area contributed by atoms with Gasteiger partial charge >= 0.3 is 0 Å². The molecule has 126 valence electrons. The van der Waals surface area contributed by atoms with Gasteiger partial charge in [-0.15, -0.1) is 0 Å². The fourth-order valence-electron chi connectivity index (χ4n) is 3.17. The maximum atomic E-state index is 12.7. The van der Waals surface area contributed by atoms with E-state index in [9.17, 15) is 4.79 Å². The standard InChI is InChI=1S/C21H21N3O/c1-13-8-16-11-21(2,3)24-19(17(16)9-18(13)23)10-20(25)15-6-4-14(12-22)5-7-15/h4-10,24H,11,23H2,1-3H3. The highest BCUT2D eigenvalue weighted by molar-refractivity contribution is 6.08. The van der Waals surface area contributed by atoms with Crippen LogP contribution in [-0.2, 0) is 6.42 Å². The zero-order valence-electron chi connectivity index (χ0n) is 14.7. The van der Waals surface area contributed by atoms with Crippen LogP contribution in [0.1, 0.15) is 46.5 Å². The maximum Gasteiger partial charge on any atom is 0.187 e. The lowest BCUT2D eigenvalue weighted by Crippen LogP contribution is -2.44. The third kappa shape index (κ3) is 3.41. The largest absolute Gasteiger partial charge is 0.398 e. The van der Waals surface area contributed by atoms with Crippen LogP contribution >= 0.6 is 0 Å². The van der Waals surface area contributed by atoms with Gasteiger partial charge in [0.25, 0.3) is 0 Å². The fraction of sp³-hybridized carbons (Fsp3) is 0.238. The number of nitrogens with one attached hydrogen (secondary N) is 1. The molecule has 0 radical (unpaired) electrons. The van der Waals surface area contributed by atoms with Crippen LogP contribution in [0.15, 0.2) is 42.5 Å². The zero-order chi connectivity index (χ0) is 18.2. The molecule has 2 aromatic rings. The Bertz CT molecular complexity index is 915. The minimum atomic E-state index is -0.146. The van der Waals surface area contributed by atoms with Gasteiger partial charge in [0, 0.05) is 34.1 Å². The number of hydrogen-bond donors (Lipinski definition) is 2. The van der Waals surface area contributed by atoms with E-state index in [2.05, 4.69) is 31.3 Å². The summed E-state index contributed by atoms with van der Waals surface area (Å²) in [5.74, 6) is -0.102. The van der Waals surface area contributed by atoms with Crippen molar-refractivity contribution in [3.63, 3.8) is 0 Å². The molecule has 0 saturated carbocycles. The van der Waals surface area contributed by atoms with Crippen LogP contribution in [0.5, 0.6) is 0 Å². The Kier molecular flexibility index (Phi) is 4.10. The topological polar surface area (TPSA) is 78.9 Å². The van der Waals surface area contributed by atoms with Gasteiger partial charge in [-0.3, -0.25) is 4.79 Å². The lowest BCUT2D eigenvalue weighted by atomic mass is 9.84. The number of benzene rings is 2. The Hall–Kier alpha value is -3.06. The van der Waals surface area contributed by atoms with Crippen LogP contribution in [0.2, 0.25) is 0 Å². The van der Waals surface area contributed by atoms with Gasteiger partial charge in [-0.25, -0.2) is 0 Å². The second-order valence-electron chi connectivity index (χ2n) is 7.16. The predicted octanol–water partition coefficient (Wildman–Crippen LogP) is 3.60. The molecule has 25 heavy (non-hydrogen) atoms. The number of nitriles is 1. The first kappa shape index (κ1) is 16.8. The minimum Gasteiger partial charge on any atom is -0.398 e. The van der Waals surface area contributed by atoms with Crippen molar-refractivity contribution < 1.29 is 4.79 Å². The van der Waals surface area contributed by atoms with Crippen LogP contribution < -0.4 is 11.1 Å². The third-order valence-electron chi connectivity index (χ3n) is 4.46. The second-order valence-corrected chi connectivity index (χ2v) is 7.16. The summed E-state index contributed by atoms with van der Waals surface area (Å²) in [6.45, 7) is 6.22. The van der Waals surface area contributed by atoms with Gasteiger partial charge < -0.3 is 11.1 Å². The van der Waals surface area contributed by atoms with Crippen molar-refractivity contribution in [1.29, 1.82) is 5.26 Å². The van der Waals surface area contributed by atoms with Crippen molar-refractivity contribution in [3.8, 4) is 6.07 Å². The van der Waals surface area contributed by atoms with Crippen molar-refractivity contribution in [3.05, 3.63) is 70.3 Å². The van der Waals surface area contributed by atoms with Gasteiger partial charge in [0.1, 0.15) is 0 Å². The maximum absolute atomic E-state index is 12.7. The zero-order valence-corrected chi connectivity index (χ0v) is 14.7. The van der Waals surface area contributed by atoms with Crippen LogP contribution in [0, 0.1) is 18.3 Å². The average Bonchev–Trinajstić information content (AvgIpc) is 2.56. The van der Waals surface area contributed by atoms with Gasteiger partial charge in [-0.05, 0) is 68.7 Å². The van der Waals surface area contributed by atoms with Crippen LogP contribution in [0.3, 0.4) is 0 Å². The number of hydrogen-bond acceptors (Lipinski definition) is 4. The van der Waals surface area contributed by atoms with Crippen molar-refractivity contribution in [2.45, 2.75) is 32.7 Å². The van der Waals surface area contributed by atoms with Crippen molar-refractivity contribution in [2.24, 2.45) is 0 Å². The molecule has 0 atom stereocenters. The Morgan fingerprint density at radius 3 is 2.60 bits per heavy atom. The lowest BCUT2D eigenvalue weighted by molar-refractivity contribution is 0.104. The number of nitrogen functional groups attached to an aromatic ring is 1. The van der Waals surface area contributed by atoms with E-state index in [-0.39, 0.29) is 11.3 Å². The van der Waals surface area contributed by atoms with Crippen LogP contribution in [0.25, 0.3) is 5.70 Å². The van der Waals surface area contributed by atoms with Crippen LogP contribution in [-0.4, -0.2) is 11.3 Å². The Morgan fingerprint density at radius 2 is 1.96 bits per heavy atom. The molecule has 1 heterocycles. The average molecular weight is 331 g/mol. The molecule has 0 amide bonds. The van der Waals surface area contributed by atoms with E-state index >= 15 is 0 Å². The smallest absolute Gasteiger partial charge is 0.187 e. The van der Waals surface area contributed by atoms with E-state index in [1.54, 1.807) is 30.3 Å². The first-order chi connectivity index (χ1) is 11.8. The van der Waals surface area contributed by atoms with Crippen LogP contribution in [0.4, 0.5) is 5.69 Å². The molecular weight excluding hydrogens is 310 g/mol. The molecule has 0 aliphatic carbocycles. The number of ketones is 1. The molecule has 3 rings (SSSR count). The molecule has 0 spiro atoms. The number of carbonyl (C=O) groups excluding carboxylic acids is 1. The molecule has 0 saturated heterocycles. The van der Waals surface area contributed by atoms with Crippen molar-refractivity contribution >= 4 is 17.2 Å². The summed E-state index contributed by atoms with van der Waals surface area (Å²) in [5.41, 5.74) is 11.7. The summed E-state index contributed by atoms with van der Waals surface area (Å²) in [5, 5.41) is 12.3. The first-order valence-electron chi connectivity index (χ1n) is 8.23. The summed E-state index contributed by atoms with van der Waals surface area (Å²) in [4.78, 5) is 12.7. The Labute approximate surface area is 148 Å². The number of allylic oxidation sites excluding steroid dienone is 1. The predicted molar refractivity (Wildman–Crippen MR) is 100.0 cm³/mol. The van der Waals surface area contributed by atoms with Gasteiger partial charge in [0.2, 0.25) is 0 Å². The number of nitrogens with two attached hydrogens (primary N) is 1. The number of anilines is 1. The van der Waals surface area contributed by atoms with Crippen molar-refractivity contribution in [1.82, 2.24) is 5.32 Å². The van der Waals surface area contributed by atoms with Gasteiger partial charge in [-0.1, -0.05) is 6.07 Å². The van der Waals surface area contributed by atoms with Gasteiger partial charge in [-0.2, -0.15) is 5.26 Å². The normalized spacial score (nSPS) is 16.6. The highest BCUT2D eigenvalue weighted by Crippen LogP contribution is 2.32. The number of aryl methyl sites for hydroxylation is 1. The molecule has 0 bridgehead atoms. The molecular formula is C21H21N3O. The lowest BCUT2D eigenvalue weighted by Gasteiger charge is -2.36. The number of rotatable bonds is 2. The number of fused-ring (bicyclic) bond motifs is 1. The summed E-state index contributed by atoms with van der Waals surface area (Å²) >= 11 is 0. The third-order valence-corrected chi connectivity index (χ3v) is 4.46. The SMILES string of the molecule is Cc1cc2c(cc1N)C(=CC(=O)c1ccc(C#N)cc1)NC(C)(C)C2. The monoisotopic (exact) mass is 331 g/mol. The van der Waals surface area contributed by atoms with Gasteiger partial charge in [0.15, 0.2) is 5.78 Å². The molecule has 2 aromatic carbocycles.